The first-order valence-corrected chi connectivity index (χ1v) is 6.19. The Morgan fingerprint density at radius 1 is 1.16 bits per heavy atom. The molecule has 0 fully saturated rings. The Kier molecular flexibility index (Phi) is 2.95. The second-order valence-electron chi connectivity index (χ2n) is 4.50. The maximum Gasteiger partial charge on any atom is 0.177 e. The molecule has 0 aliphatic carbocycles. The van der Waals surface area contributed by atoms with E-state index in [4.69, 9.17) is 9.47 Å². The van der Waals surface area contributed by atoms with Crippen LogP contribution in [0, 0.1) is 0 Å². The quantitative estimate of drug-likeness (QED) is 0.826. The van der Waals surface area contributed by atoms with Crippen LogP contribution in [-0.2, 0) is 0 Å². The second-order valence-corrected chi connectivity index (χ2v) is 4.50. The average Bonchev–Trinajstić information content (AvgIpc) is 2.48. The first-order valence-electron chi connectivity index (χ1n) is 6.19. The SMILES string of the molecule is COc1ccc2c(c1)OC[C@@H](c1ccccc1)C2=O. The van der Waals surface area contributed by atoms with Gasteiger partial charge in [-0.25, -0.2) is 0 Å². The highest BCUT2D eigenvalue weighted by atomic mass is 16.5. The van der Waals surface area contributed by atoms with Crippen molar-refractivity contribution in [1.29, 1.82) is 0 Å². The van der Waals surface area contributed by atoms with Gasteiger partial charge < -0.3 is 9.47 Å². The number of rotatable bonds is 2. The van der Waals surface area contributed by atoms with E-state index in [0.717, 1.165) is 5.56 Å². The zero-order valence-electron chi connectivity index (χ0n) is 10.6. The lowest BCUT2D eigenvalue weighted by Gasteiger charge is -2.24. The molecule has 0 spiro atoms. The van der Waals surface area contributed by atoms with E-state index in [9.17, 15) is 4.79 Å². The number of benzene rings is 2. The first-order chi connectivity index (χ1) is 9.29. The molecular formula is C16H14O3. The lowest BCUT2D eigenvalue weighted by Crippen LogP contribution is -2.25. The normalized spacial score (nSPS) is 17.5. The fourth-order valence-corrected chi connectivity index (χ4v) is 2.32. The summed E-state index contributed by atoms with van der Waals surface area (Å²) in [6, 6.07) is 15.0. The molecule has 0 radical (unpaired) electrons. The molecule has 2 aromatic carbocycles. The van der Waals surface area contributed by atoms with E-state index in [2.05, 4.69) is 0 Å². The summed E-state index contributed by atoms with van der Waals surface area (Å²) in [5.74, 6) is 1.19. The van der Waals surface area contributed by atoms with E-state index in [-0.39, 0.29) is 11.7 Å². The highest BCUT2D eigenvalue weighted by Gasteiger charge is 2.30. The van der Waals surface area contributed by atoms with Gasteiger partial charge in [0.2, 0.25) is 0 Å². The molecule has 0 bridgehead atoms. The molecule has 0 N–H and O–H groups in total. The number of ketones is 1. The summed E-state index contributed by atoms with van der Waals surface area (Å²) in [6.07, 6.45) is 0. The van der Waals surface area contributed by atoms with Crippen LogP contribution in [0.3, 0.4) is 0 Å². The molecule has 0 amide bonds. The minimum atomic E-state index is -0.220. The lowest BCUT2D eigenvalue weighted by atomic mass is 9.89. The molecule has 96 valence electrons. The number of carbonyl (C=O) groups excluding carboxylic acids is 1. The zero-order valence-corrected chi connectivity index (χ0v) is 10.6. The maximum absolute atomic E-state index is 12.5. The van der Waals surface area contributed by atoms with Gasteiger partial charge in [0.25, 0.3) is 0 Å². The van der Waals surface area contributed by atoms with E-state index in [0.29, 0.717) is 23.7 Å². The third-order valence-corrected chi connectivity index (χ3v) is 3.38. The highest BCUT2D eigenvalue weighted by molar-refractivity contribution is 6.04. The minimum Gasteiger partial charge on any atom is -0.497 e. The van der Waals surface area contributed by atoms with Crippen LogP contribution < -0.4 is 9.47 Å². The van der Waals surface area contributed by atoms with Crippen molar-refractivity contribution in [3.8, 4) is 11.5 Å². The fourth-order valence-electron chi connectivity index (χ4n) is 2.32. The summed E-state index contributed by atoms with van der Waals surface area (Å²) in [7, 11) is 1.60. The number of Topliss-reactive ketones (excluding diaryl/α,β-unsaturated/α-hetero) is 1. The van der Waals surface area contributed by atoms with Crippen molar-refractivity contribution in [2.24, 2.45) is 0 Å². The zero-order chi connectivity index (χ0) is 13.2. The van der Waals surface area contributed by atoms with Gasteiger partial charge in [-0.1, -0.05) is 30.3 Å². The Balaban J connectivity index is 1.97. The summed E-state index contributed by atoms with van der Waals surface area (Å²) in [5.41, 5.74) is 1.62. The third kappa shape index (κ3) is 2.08. The molecule has 0 saturated heterocycles. The summed E-state index contributed by atoms with van der Waals surface area (Å²) in [4.78, 5) is 12.5. The van der Waals surface area contributed by atoms with Crippen LogP contribution in [0.15, 0.2) is 48.5 Å². The van der Waals surface area contributed by atoms with Crippen LogP contribution in [0.4, 0.5) is 0 Å². The average molecular weight is 254 g/mol. The third-order valence-electron chi connectivity index (χ3n) is 3.38. The van der Waals surface area contributed by atoms with Crippen molar-refractivity contribution in [2.75, 3.05) is 13.7 Å². The summed E-state index contributed by atoms with van der Waals surface area (Å²) < 4.78 is 10.8. The molecule has 0 saturated carbocycles. The Bertz CT molecular complexity index is 605. The number of hydrogen-bond donors (Lipinski definition) is 0. The van der Waals surface area contributed by atoms with Gasteiger partial charge in [-0.15, -0.1) is 0 Å². The monoisotopic (exact) mass is 254 g/mol. The first kappa shape index (κ1) is 11.8. The summed E-state index contributed by atoms with van der Waals surface area (Å²) in [6.45, 7) is 0.378. The molecule has 1 heterocycles. The highest BCUT2D eigenvalue weighted by Crippen LogP contribution is 2.34. The van der Waals surface area contributed by atoms with Crippen LogP contribution in [0.5, 0.6) is 11.5 Å². The van der Waals surface area contributed by atoms with Gasteiger partial charge in [0.15, 0.2) is 5.78 Å². The molecule has 3 nitrogen and oxygen atoms in total. The summed E-state index contributed by atoms with van der Waals surface area (Å²) in [5, 5.41) is 0. The van der Waals surface area contributed by atoms with E-state index in [1.165, 1.54) is 0 Å². The molecule has 1 atom stereocenters. The molecule has 3 rings (SSSR count). The largest absolute Gasteiger partial charge is 0.497 e. The predicted molar refractivity (Wildman–Crippen MR) is 72.0 cm³/mol. The molecule has 3 heteroatoms. The van der Waals surface area contributed by atoms with Crippen molar-refractivity contribution in [3.05, 3.63) is 59.7 Å². The number of hydrogen-bond acceptors (Lipinski definition) is 3. The van der Waals surface area contributed by atoms with Crippen LogP contribution in [0.2, 0.25) is 0 Å². The van der Waals surface area contributed by atoms with Gasteiger partial charge in [0.1, 0.15) is 18.1 Å². The van der Waals surface area contributed by atoms with Crippen molar-refractivity contribution >= 4 is 5.78 Å². The van der Waals surface area contributed by atoms with Gasteiger partial charge in [0.05, 0.1) is 18.6 Å². The van der Waals surface area contributed by atoms with E-state index < -0.39 is 0 Å². The van der Waals surface area contributed by atoms with Gasteiger partial charge in [0, 0.05) is 6.07 Å². The number of ether oxygens (including phenoxy) is 2. The molecule has 1 aliphatic heterocycles. The molecule has 0 unspecified atom stereocenters. The summed E-state index contributed by atoms with van der Waals surface area (Å²) >= 11 is 0. The minimum absolute atomic E-state index is 0.107. The van der Waals surface area contributed by atoms with E-state index in [1.54, 1.807) is 25.3 Å². The van der Waals surface area contributed by atoms with Gasteiger partial charge in [-0.2, -0.15) is 0 Å². The molecule has 2 aromatic rings. The predicted octanol–water partition coefficient (Wildman–Crippen LogP) is 3.05. The topological polar surface area (TPSA) is 35.5 Å². The van der Waals surface area contributed by atoms with E-state index in [1.807, 2.05) is 30.3 Å². The van der Waals surface area contributed by atoms with Crippen molar-refractivity contribution < 1.29 is 14.3 Å². The smallest absolute Gasteiger partial charge is 0.177 e. The Morgan fingerprint density at radius 2 is 1.95 bits per heavy atom. The van der Waals surface area contributed by atoms with Crippen LogP contribution in [-0.4, -0.2) is 19.5 Å². The number of methoxy groups -OCH3 is 1. The van der Waals surface area contributed by atoms with Gasteiger partial charge in [-0.3, -0.25) is 4.79 Å². The Labute approximate surface area is 111 Å². The lowest BCUT2D eigenvalue weighted by molar-refractivity contribution is 0.0896. The van der Waals surface area contributed by atoms with Crippen molar-refractivity contribution in [2.45, 2.75) is 5.92 Å². The van der Waals surface area contributed by atoms with Crippen molar-refractivity contribution in [1.82, 2.24) is 0 Å². The number of carbonyl (C=O) groups is 1. The molecule has 0 aromatic heterocycles. The maximum atomic E-state index is 12.5. The standard InChI is InChI=1S/C16H14O3/c1-18-12-7-8-13-15(9-12)19-10-14(16(13)17)11-5-3-2-4-6-11/h2-9,14H,10H2,1H3/t14-/m0/s1. The molecule has 19 heavy (non-hydrogen) atoms. The number of fused-ring (bicyclic) bond motifs is 1. The van der Waals surface area contributed by atoms with Crippen LogP contribution >= 0.6 is 0 Å². The Morgan fingerprint density at radius 3 is 2.68 bits per heavy atom. The van der Waals surface area contributed by atoms with Crippen molar-refractivity contribution in [3.63, 3.8) is 0 Å². The van der Waals surface area contributed by atoms with Crippen LogP contribution in [0.25, 0.3) is 0 Å². The van der Waals surface area contributed by atoms with Gasteiger partial charge in [-0.05, 0) is 17.7 Å². The molecular weight excluding hydrogens is 240 g/mol. The van der Waals surface area contributed by atoms with E-state index >= 15 is 0 Å². The Hall–Kier alpha value is -2.29. The molecule has 1 aliphatic rings. The second kappa shape index (κ2) is 4.76. The fraction of sp³-hybridized carbons (Fsp3) is 0.188. The van der Waals surface area contributed by atoms with Crippen LogP contribution in [0.1, 0.15) is 21.8 Å². The van der Waals surface area contributed by atoms with Gasteiger partial charge >= 0.3 is 0 Å².